The second-order valence-corrected chi connectivity index (χ2v) is 8.36. The fourth-order valence-corrected chi connectivity index (χ4v) is 5.33. The van der Waals surface area contributed by atoms with E-state index in [1.807, 2.05) is 18.2 Å². The Labute approximate surface area is 161 Å². The number of amidine groups is 1. The summed E-state index contributed by atoms with van der Waals surface area (Å²) in [6.07, 6.45) is 1.03. The lowest BCUT2D eigenvalue weighted by molar-refractivity contribution is -0.656. The zero-order valence-corrected chi connectivity index (χ0v) is 16.2. The summed E-state index contributed by atoms with van der Waals surface area (Å²) in [6, 6.07) is 13.6. The molecule has 6 heteroatoms. The first kappa shape index (κ1) is 17.2. The topological polar surface area (TPSA) is 26.5 Å². The minimum Gasteiger partial charge on any atom is -0.346 e. The van der Waals surface area contributed by atoms with Gasteiger partial charge in [-0.1, -0.05) is 41.4 Å². The highest BCUT2D eigenvalue weighted by molar-refractivity contribution is 8.13. The van der Waals surface area contributed by atoms with Crippen LogP contribution in [0.1, 0.15) is 17.5 Å². The van der Waals surface area contributed by atoms with Crippen LogP contribution >= 0.6 is 35.0 Å². The van der Waals surface area contributed by atoms with E-state index in [1.165, 1.54) is 5.56 Å². The van der Waals surface area contributed by atoms with Crippen LogP contribution in [0.2, 0.25) is 10.0 Å². The molecule has 2 heterocycles. The molecule has 0 amide bonds. The Bertz CT molecular complexity index is 870. The number of aryl methyl sites for hydroxylation is 1. The van der Waals surface area contributed by atoms with E-state index in [-0.39, 0.29) is 0 Å². The van der Waals surface area contributed by atoms with Gasteiger partial charge in [-0.2, -0.15) is 0 Å². The van der Waals surface area contributed by atoms with E-state index in [0.29, 0.717) is 22.2 Å². The van der Waals surface area contributed by atoms with Gasteiger partial charge in [0.05, 0.1) is 17.1 Å². The predicted octanol–water partition coefficient (Wildman–Crippen LogP) is 4.47. The first-order chi connectivity index (χ1) is 12.0. The van der Waals surface area contributed by atoms with Gasteiger partial charge in [0.1, 0.15) is 5.69 Å². The molecule has 0 spiro atoms. The van der Waals surface area contributed by atoms with Crippen molar-refractivity contribution in [1.29, 1.82) is 0 Å². The van der Waals surface area contributed by atoms with Gasteiger partial charge in [0.25, 0.3) is 5.72 Å². The van der Waals surface area contributed by atoms with E-state index in [4.69, 9.17) is 23.2 Å². The molecule has 0 saturated carbocycles. The Morgan fingerprint density at radius 2 is 2.00 bits per heavy atom. The van der Waals surface area contributed by atoms with E-state index in [1.54, 1.807) is 23.9 Å². The van der Waals surface area contributed by atoms with Gasteiger partial charge in [-0.25, -0.2) is 9.48 Å². The van der Waals surface area contributed by atoms with Crippen molar-refractivity contribution in [2.75, 3.05) is 23.7 Å². The fraction of sp³-hybridized carbons (Fsp3) is 0.316. The van der Waals surface area contributed by atoms with Gasteiger partial charge < -0.3 is 5.11 Å². The van der Waals surface area contributed by atoms with Crippen molar-refractivity contribution in [2.24, 2.45) is 0 Å². The molecule has 0 saturated heterocycles. The van der Waals surface area contributed by atoms with Crippen LogP contribution in [-0.4, -0.2) is 33.7 Å². The zero-order valence-electron chi connectivity index (χ0n) is 13.9. The summed E-state index contributed by atoms with van der Waals surface area (Å²) in [7, 11) is 0. The molecule has 2 aliphatic heterocycles. The third-order valence-corrected chi connectivity index (χ3v) is 6.55. The van der Waals surface area contributed by atoms with Crippen molar-refractivity contribution in [3.05, 3.63) is 63.6 Å². The molecular weight excluding hydrogens is 375 g/mol. The average Bonchev–Trinajstić information content (AvgIpc) is 2.89. The van der Waals surface area contributed by atoms with Crippen LogP contribution in [0.5, 0.6) is 0 Å². The van der Waals surface area contributed by atoms with Crippen LogP contribution in [0.15, 0.2) is 42.5 Å². The second kappa shape index (κ2) is 6.51. The molecule has 0 bridgehead atoms. The third-order valence-electron chi connectivity index (χ3n) is 4.81. The lowest BCUT2D eigenvalue weighted by Crippen LogP contribution is -2.41. The number of benzene rings is 2. The maximum atomic E-state index is 11.7. The number of rotatable bonds is 2. The number of para-hydroxylation sites is 1. The molecule has 3 nitrogen and oxygen atoms in total. The molecule has 25 heavy (non-hydrogen) atoms. The van der Waals surface area contributed by atoms with E-state index in [9.17, 15) is 5.11 Å². The number of anilines is 1. The predicted molar refractivity (Wildman–Crippen MR) is 106 cm³/mol. The Morgan fingerprint density at radius 1 is 1.20 bits per heavy atom. The lowest BCUT2D eigenvalue weighted by Gasteiger charge is -2.25. The van der Waals surface area contributed by atoms with Gasteiger partial charge >= 0.3 is 5.17 Å². The summed E-state index contributed by atoms with van der Waals surface area (Å²) < 4.78 is 2.09. The largest absolute Gasteiger partial charge is 0.346 e. The van der Waals surface area contributed by atoms with E-state index in [2.05, 4.69) is 28.5 Å². The maximum Gasteiger partial charge on any atom is 0.316 e. The molecule has 4 rings (SSSR count). The minimum atomic E-state index is -1.16. The summed E-state index contributed by atoms with van der Waals surface area (Å²) in [4.78, 5) is 2.21. The summed E-state index contributed by atoms with van der Waals surface area (Å²) in [5.74, 6) is 1.05. The molecule has 130 valence electrons. The summed E-state index contributed by atoms with van der Waals surface area (Å²) in [5, 5.41) is 13.8. The fourth-order valence-electron chi connectivity index (χ4n) is 3.60. The number of aliphatic hydroxyl groups is 1. The molecular formula is C19H19Cl2N2OS+. The van der Waals surface area contributed by atoms with Gasteiger partial charge in [0.2, 0.25) is 0 Å². The first-order valence-electron chi connectivity index (χ1n) is 8.29. The number of β-amino-alcohol motifs (C(OH)–C–C–N with tert-alkyl or cyclic N) is 1. The Balaban J connectivity index is 1.85. The maximum absolute atomic E-state index is 11.7. The van der Waals surface area contributed by atoms with Crippen LogP contribution in [0.25, 0.3) is 0 Å². The van der Waals surface area contributed by atoms with Gasteiger partial charge in [0, 0.05) is 10.8 Å². The number of halogens is 2. The van der Waals surface area contributed by atoms with Crippen LogP contribution < -0.4 is 4.90 Å². The zero-order chi connectivity index (χ0) is 17.6. The molecule has 0 aromatic heterocycles. The van der Waals surface area contributed by atoms with Gasteiger partial charge in [-0.3, -0.25) is 0 Å². The second-order valence-electron chi connectivity index (χ2n) is 6.45. The Kier molecular flexibility index (Phi) is 4.49. The van der Waals surface area contributed by atoms with Crippen molar-refractivity contribution in [2.45, 2.75) is 19.1 Å². The highest BCUT2D eigenvalue weighted by Gasteiger charge is 2.54. The van der Waals surface area contributed by atoms with Crippen molar-refractivity contribution < 1.29 is 9.68 Å². The standard InChI is InChI=1S/C19H19Cl2N2OS/c1-13-5-2-3-6-17(13)22-12-19(24,23-9-4-10-25-18(22)23)15-8-7-14(20)11-16(15)21/h2-3,5-8,11,24H,4,9-10,12H2,1H3/q+1. The molecule has 1 N–H and O–H groups in total. The summed E-state index contributed by atoms with van der Waals surface area (Å²) in [6.45, 7) is 3.35. The number of hydrogen-bond donors (Lipinski definition) is 1. The minimum absolute atomic E-state index is 0.446. The van der Waals surface area contributed by atoms with Gasteiger partial charge in [-0.15, -0.1) is 0 Å². The number of hydrogen-bond acceptors (Lipinski definition) is 3. The van der Waals surface area contributed by atoms with Crippen LogP contribution in [-0.2, 0) is 5.72 Å². The molecule has 2 aromatic carbocycles. The normalized spacial score (nSPS) is 23.1. The molecule has 1 atom stereocenters. The van der Waals surface area contributed by atoms with Crippen LogP contribution in [0.3, 0.4) is 0 Å². The molecule has 2 aliphatic rings. The van der Waals surface area contributed by atoms with Crippen LogP contribution in [0.4, 0.5) is 5.69 Å². The average molecular weight is 394 g/mol. The molecule has 0 aliphatic carbocycles. The highest BCUT2D eigenvalue weighted by Crippen LogP contribution is 2.41. The SMILES string of the molecule is Cc1ccccc1N1CC(O)(c2ccc(Cl)cc2Cl)[N+]2=C1SCCC2. The molecule has 1 unspecified atom stereocenters. The van der Waals surface area contributed by atoms with E-state index < -0.39 is 5.72 Å². The number of thioether (sulfide) groups is 1. The van der Waals surface area contributed by atoms with E-state index >= 15 is 0 Å². The molecule has 2 aromatic rings. The van der Waals surface area contributed by atoms with Crippen molar-refractivity contribution in [3.8, 4) is 0 Å². The third kappa shape index (κ3) is 2.85. The smallest absolute Gasteiger partial charge is 0.316 e. The number of nitrogens with zero attached hydrogens (tertiary/aromatic N) is 2. The lowest BCUT2D eigenvalue weighted by atomic mass is 10.0. The van der Waals surface area contributed by atoms with Gasteiger partial charge in [-0.05, 0) is 54.9 Å². The van der Waals surface area contributed by atoms with E-state index in [0.717, 1.165) is 29.6 Å². The van der Waals surface area contributed by atoms with Gasteiger partial charge in [0.15, 0.2) is 6.54 Å². The summed E-state index contributed by atoms with van der Waals surface area (Å²) >= 11 is 14.3. The van der Waals surface area contributed by atoms with Crippen LogP contribution in [0, 0.1) is 6.92 Å². The summed E-state index contributed by atoms with van der Waals surface area (Å²) in [5.41, 5.74) is 1.85. The highest BCUT2D eigenvalue weighted by atomic mass is 35.5. The quantitative estimate of drug-likeness (QED) is 0.762. The first-order valence-corrected chi connectivity index (χ1v) is 10.0. The Hall–Kier alpha value is -1.20. The Morgan fingerprint density at radius 3 is 2.76 bits per heavy atom. The van der Waals surface area contributed by atoms with Crippen molar-refractivity contribution in [3.63, 3.8) is 0 Å². The van der Waals surface area contributed by atoms with Crippen molar-refractivity contribution in [1.82, 2.24) is 0 Å². The monoisotopic (exact) mass is 393 g/mol. The molecule has 0 fully saturated rings. The molecule has 0 radical (unpaired) electrons. The van der Waals surface area contributed by atoms with Crippen molar-refractivity contribution >= 4 is 45.8 Å².